The van der Waals surface area contributed by atoms with E-state index in [-0.39, 0.29) is 17.5 Å². The van der Waals surface area contributed by atoms with Gasteiger partial charge in [-0.15, -0.1) is 0 Å². The van der Waals surface area contributed by atoms with Crippen LogP contribution in [0.4, 0.5) is 0 Å². The molecule has 1 N–H and O–H groups in total. The van der Waals surface area contributed by atoms with Crippen LogP contribution in [0.15, 0.2) is 54.2 Å². The number of nitrogens with zero attached hydrogens (tertiary/aromatic N) is 1. The van der Waals surface area contributed by atoms with Gasteiger partial charge >= 0.3 is 0 Å². The molecule has 2 rings (SSSR count). The molecule has 0 aliphatic carbocycles. The number of likely N-dealkylation sites (N-methyl/N-ethyl adjacent to an activating group) is 1. The highest BCUT2D eigenvalue weighted by Gasteiger charge is 2.17. The van der Waals surface area contributed by atoms with E-state index in [1.807, 2.05) is 30.3 Å². The lowest BCUT2D eigenvalue weighted by molar-refractivity contribution is -0.128. The maximum absolute atomic E-state index is 12.9. The predicted molar refractivity (Wildman–Crippen MR) is 104 cm³/mol. The van der Waals surface area contributed by atoms with Crippen LogP contribution in [0, 0.1) is 0 Å². The number of methoxy groups -OCH3 is 2. The van der Waals surface area contributed by atoms with E-state index in [2.05, 4.69) is 5.32 Å². The Morgan fingerprint density at radius 2 is 1.70 bits per heavy atom. The summed E-state index contributed by atoms with van der Waals surface area (Å²) in [4.78, 5) is 26.0. The van der Waals surface area contributed by atoms with Crippen LogP contribution in [-0.2, 0) is 16.1 Å². The van der Waals surface area contributed by atoms with Gasteiger partial charge in [-0.2, -0.15) is 0 Å². The van der Waals surface area contributed by atoms with Crippen LogP contribution in [0.2, 0.25) is 0 Å². The zero-order chi connectivity index (χ0) is 19.8. The van der Waals surface area contributed by atoms with Gasteiger partial charge in [0.05, 0.1) is 14.2 Å². The topological polar surface area (TPSA) is 67.9 Å². The largest absolute Gasteiger partial charge is 0.493 e. The second-order valence-corrected chi connectivity index (χ2v) is 6.00. The molecule has 142 valence electrons. The van der Waals surface area contributed by atoms with E-state index in [0.717, 1.165) is 5.56 Å². The number of carbonyl (C=O) groups is 2. The van der Waals surface area contributed by atoms with Gasteiger partial charge in [-0.05, 0) is 29.3 Å². The Morgan fingerprint density at radius 3 is 2.30 bits per heavy atom. The van der Waals surface area contributed by atoms with Gasteiger partial charge in [0.25, 0.3) is 5.91 Å². The molecule has 0 saturated heterocycles. The highest BCUT2D eigenvalue weighted by molar-refractivity contribution is 6.00. The highest BCUT2D eigenvalue weighted by atomic mass is 16.5. The van der Waals surface area contributed by atoms with Gasteiger partial charge in [0.1, 0.15) is 5.70 Å². The van der Waals surface area contributed by atoms with Crippen molar-refractivity contribution in [3.05, 3.63) is 65.4 Å². The molecule has 6 nitrogen and oxygen atoms in total. The Bertz CT molecular complexity index is 831. The SMILES string of the molecule is COc1ccc(/C=C(\NC(C)=O)C(=O)N(C)Cc2ccccc2)cc1OC. The molecule has 0 atom stereocenters. The number of hydrogen-bond acceptors (Lipinski definition) is 4. The van der Waals surface area contributed by atoms with Gasteiger partial charge in [-0.25, -0.2) is 0 Å². The molecule has 27 heavy (non-hydrogen) atoms. The number of amides is 2. The Kier molecular flexibility index (Phi) is 7.00. The van der Waals surface area contributed by atoms with E-state index in [4.69, 9.17) is 9.47 Å². The number of benzene rings is 2. The molecule has 0 fully saturated rings. The summed E-state index contributed by atoms with van der Waals surface area (Å²) in [5.41, 5.74) is 1.90. The average molecular weight is 368 g/mol. The first-order valence-corrected chi connectivity index (χ1v) is 8.45. The van der Waals surface area contributed by atoms with Crippen LogP contribution >= 0.6 is 0 Å². The quantitative estimate of drug-likeness (QED) is 0.763. The first-order chi connectivity index (χ1) is 12.9. The monoisotopic (exact) mass is 368 g/mol. The zero-order valence-electron chi connectivity index (χ0n) is 16.0. The summed E-state index contributed by atoms with van der Waals surface area (Å²) >= 11 is 0. The maximum Gasteiger partial charge on any atom is 0.270 e. The minimum Gasteiger partial charge on any atom is -0.493 e. The zero-order valence-corrected chi connectivity index (χ0v) is 16.0. The van der Waals surface area contributed by atoms with E-state index >= 15 is 0 Å². The molecule has 0 saturated carbocycles. The Labute approximate surface area is 159 Å². The number of nitrogens with one attached hydrogen (secondary N) is 1. The lowest BCUT2D eigenvalue weighted by Gasteiger charge is -2.19. The first kappa shape index (κ1) is 20.0. The van der Waals surface area contributed by atoms with Crippen molar-refractivity contribution in [2.24, 2.45) is 0 Å². The summed E-state index contributed by atoms with van der Waals surface area (Å²) in [6.07, 6.45) is 1.62. The summed E-state index contributed by atoms with van der Waals surface area (Å²) in [6, 6.07) is 14.9. The van der Waals surface area contributed by atoms with Gasteiger partial charge in [0.2, 0.25) is 5.91 Å². The van der Waals surface area contributed by atoms with Crippen molar-refractivity contribution in [1.82, 2.24) is 10.2 Å². The molecular formula is C21H24N2O4. The van der Waals surface area contributed by atoms with E-state index in [0.29, 0.717) is 23.6 Å². The molecule has 0 radical (unpaired) electrons. The standard InChI is InChI=1S/C21H24N2O4/c1-15(24)22-18(12-17-10-11-19(26-3)20(13-17)27-4)21(25)23(2)14-16-8-6-5-7-9-16/h5-13H,14H2,1-4H3,(H,22,24)/b18-12-. The van der Waals surface area contributed by atoms with Crippen LogP contribution in [-0.4, -0.2) is 38.0 Å². The normalized spacial score (nSPS) is 10.9. The van der Waals surface area contributed by atoms with E-state index < -0.39 is 0 Å². The number of ether oxygens (including phenoxy) is 2. The third-order valence-electron chi connectivity index (χ3n) is 3.87. The van der Waals surface area contributed by atoms with Gasteiger partial charge in [-0.1, -0.05) is 36.4 Å². The molecule has 0 bridgehead atoms. The molecular weight excluding hydrogens is 344 g/mol. The third kappa shape index (κ3) is 5.60. The summed E-state index contributed by atoms with van der Waals surface area (Å²) in [5.74, 6) is 0.522. The van der Waals surface area contributed by atoms with E-state index in [1.54, 1.807) is 50.4 Å². The predicted octanol–water partition coefficient (Wildman–Crippen LogP) is 2.84. The van der Waals surface area contributed by atoms with Crippen molar-refractivity contribution >= 4 is 17.9 Å². The van der Waals surface area contributed by atoms with Crippen molar-refractivity contribution in [3.8, 4) is 11.5 Å². The number of hydrogen-bond donors (Lipinski definition) is 1. The molecule has 6 heteroatoms. The van der Waals surface area contributed by atoms with Gasteiger partial charge in [0.15, 0.2) is 11.5 Å². The Balaban J connectivity index is 2.29. The van der Waals surface area contributed by atoms with Crippen molar-refractivity contribution in [1.29, 1.82) is 0 Å². The first-order valence-electron chi connectivity index (χ1n) is 8.45. The Morgan fingerprint density at radius 1 is 1.04 bits per heavy atom. The molecule has 0 heterocycles. The molecule has 2 aromatic carbocycles. The van der Waals surface area contributed by atoms with E-state index in [9.17, 15) is 9.59 Å². The molecule has 0 aliphatic heterocycles. The van der Waals surface area contributed by atoms with Gasteiger partial charge in [0, 0.05) is 20.5 Å². The molecule has 0 unspecified atom stereocenters. The molecule has 0 aromatic heterocycles. The van der Waals surface area contributed by atoms with Gasteiger partial charge < -0.3 is 19.7 Å². The van der Waals surface area contributed by atoms with E-state index in [1.165, 1.54) is 6.92 Å². The summed E-state index contributed by atoms with van der Waals surface area (Å²) in [7, 11) is 4.79. The van der Waals surface area contributed by atoms with Crippen LogP contribution < -0.4 is 14.8 Å². The lowest BCUT2D eigenvalue weighted by atomic mass is 10.1. The summed E-state index contributed by atoms with van der Waals surface area (Å²) in [6.45, 7) is 1.80. The highest BCUT2D eigenvalue weighted by Crippen LogP contribution is 2.28. The second kappa shape index (κ2) is 9.43. The van der Waals surface area contributed by atoms with Crippen LogP contribution in [0.25, 0.3) is 6.08 Å². The fourth-order valence-electron chi connectivity index (χ4n) is 2.58. The van der Waals surface area contributed by atoms with Crippen LogP contribution in [0.5, 0.6) is 11.5 Å². The third-order valence-corrected chi connectivity index (χ3v) is 3.87. The summed E-state index contributed by atoms with van der Waals surface area (Å²) in [5, 5.41) is 2.62. The minimum absolute atomic E-state index is 0.188. The fraction of sp³-hybridized carbons (Fsp3) is 0.238. The molecule has 0 spiro atoms. The lowest BCUT2D eigenvalue weighted by Crippen LogP contribution is -2.35. The minimum atomic E-state index is -0.316. The van der Waals surface area contributed by atoms with Crippen molar-refractivity contribution < 1.29 is 19.1 Å². The maximum atomic E-state index is 12.9. The smallest absolute Gasteiger partial charge is 0.270 e. The van der Waals surface area contributed by atoms with Crippen LogP contribution in [0.3, 0.4) is 0 Å². The summed E-state index contributed by atoms with van der Waals surface area (Å²) < 4.78 is 10.5. The van der Waals surface area contributed by atoms with Crippen molar-refractivity contribution in [2.45, 2.75) is 13.5 Å². The fourth-order valence-corrected chi connectivity index (χ4v) is 2.58. The average Bonchev–Trinajstić information content (AvgIpc) is 2.67. The van der Waals surface area contributed by atoms with Crippen molar-refractivity contribution in [2.75, 3.05) is 21.3 Å². The second-order valence-electron chi connectivity index (χ2n) is 6.00. The van der Waals surface area contributed by atoms with Gasteiger partial charge in [-0.3, -0.25) is 9.59 Å². The molecule has 2 aromatic rings. The van der Waals surface area contributed by atoms with Crippen LogP contribution in [0.1, 0.15) is 18.1 Å². The Hall–Kier alpha value is -3.28. The number of rotatable bonds is 7. The number of carbonyl (C=O) groups excluding carboxylic acids is 2. The molecule has 0 aliphatic rings. The van der Waals surface area contributed by atoms with Crippen molar-refractivity contribution in [3.63, 3.8) is 0 Å². The molecule has 2 amide bonds.